The van der Waals surface area contributed by atoms with Crippen LogP contribution in [-0.4, -0.2) is 64.7 Å². The number of aromatic nitrogens is 4. The Bertz CT molecular complexity index is 640. The van der Waals surface area contributed by atoms with Gasteiger partial charge in [-0.25, -0.2) is 17.9 Å². The van der Waals surface area contributed by atoms with Gasteiger partial charge in [-0.05, 0) is 23.8 Å². The summed E-state index contributed by atoms with van der Waals surface area (Å²) in [6.45, 7) is 1.52. The molecule has 0 saturated carbocycles. The largest absolute Gasteiger partial charge is 0.460 e. The predicted molar refractivity (Wildman–Crippen MR) is 69.0 cm³/mol. The zero-order valence-corrected chi connectivity index (χ0v) is 12.2. The van der Waals surface area contributed by atoms with E-state index < -0.39 is 27.8 Å². The third-order valence-corrected chi connectivity index (χ3v) is 4.65. The fraction of sp³-hybridized carbons (Fsp3) is 0.700. The molecule has 10 nitrogen and oxygen atoms in total. The second-order valence-electron chi connectivity index (χ2n) is 4.55. The van der Waals surface area contributed by atoms with Crippen LogP contribution in [0.1, 0.15) is 24.0 Å². The van der Waals surface area contributed by atoms with Crippen molar-refractivity contribution in [2.75, 3.05) is 18.1 Å². The lowest BCUT2D eigenvalue weighted by Gasteiger charge is -2.10. The molecule has 2 rings (SSSR count). The molecular formula is C10H15N5O5S. The average Bonchev–Trinajstić information content (AvgIpc) is 2.96. The number of carbonyl (C=O) groups is 2. The molecule has 1 aliphatic rings. The number of tetrazole rings is 1. The van der Waals surface area contributed by atoms with E-state index in [0.29, 0.717) is 6.42 Å². The van der Waals surface area contributed by atoms with Crippen LogP contribution in [0.15, 0.2) is 0 Å². The molecule has 1 amide bonds. The number of nitrogens with zero attached hydrogens (tertiary/aromatic N) is 4. The number of hydrogen-bond donors (Lipinski definition) is 1. The van der Waals surface area contributed by atoms with Crippen molar-refractivity contribution in [2.45, 2.75) is 25.9 Å². The van der Waals surface area contributed by atoms with Crippen molar-refractivity contribution in [3.05, 3.63) is 5.82 Å². The van der Waals surface area contributed by atoms with E-state index >= 15 is 0 Å². The van der Waals surface area contributed by atoms with Crippen molar-refractivity contribution in [1.82, 2.24) is 25.5 Å². The van der Waals surface area contributed by atoms with Gasteiger partial charge in [0.25, 0.3) is 5.82 Å². The minimum Gasteiger partial charge on any atom is -0.460 e. The van der Waals surface area contributed by atoms with E-state index in [0.717, 1.165) is 4.68 Å². The summed E-state index contributed by atoms with van der Waals surface area (Å²) >= 11 is 0. The maximum absolute atomic E-state index is 11.8. The Labute approximate surface area is 120 Å². The number of sulfone groups is 1. The highest BCUT2D eigenvalue weighted by Crippen LogP contribution is 2.11. The molecule has 0 bridgehead atoms. The summed E-state index contributed by atoms with van der Waals surface area (Å²) in [4.78, 5) is 23.4. The molecule has 0 aliphatic carbocycles. The Balaban J connectivity index is 1.95. The van der Waals surface area contributed by atoms with Crippen LogP contribution in [0.5, 0.6) is 0 Å². The summed E-state index contributed by atoms with van der Waals surface area (Å²) < 4.78 is 28.4. The van der Waals surface area contributed by atoms with E-state index in [2.05, 4.69) is 20.8 Å². The number of ether oxygens (including phenoxy) is 1. The molecule has 2 heterocycles. The monoisotopic (exact) mass is 317 g/mol. The molecule has 0 radical (unpaired) electrons. The number of nitrogens with one attached hydrogen (secondary N) is 1. The Morgan fingerprint density at radius 3 is 2.86 bits per heavy atom. The van der Waals surface area contributed by atoms with Crippen molar-refractivity contribution in [3.63, 3.8) is 0 Å². The number of rotatable bonds is 5. The molecule has 21 heavy (non-hydrogen) atoms. The number of amides is 1. The van der Waals surface area contributed by atoms with Crippen LogP contribution in [0.2, 0.25) is 0 Å². The Morgan fingerprint density at radius 2 is 2.24 bits per heavy atom. The van der Waals surface area contributed by atoms with Gasteiger partial charge in [-0.1, -0.05) is 0 Å². The van der Waals surface area contributed by atoms with Gasteiger partial charge < -0.3 is 10.1 Å². The van der Waals surface area contributed by atoms with Crippen molar-refractivity contribution in [2.24, 2.45) is 0 Å². The quantitative estimate of drug-likeness (QED) is 0.626. The molecule has 11 heteroatoms. The standard InChI is InChI=1S/C10H15N5O5S/c1-2-20-10(17)9-12-13-14-15(9)5-8(16)11-7-3-4-21(18,19)6-7/h7H,2-6H2,1H3,(H,11,16). The first-order chi connectivity index (χ1) is 9.91. The van der Waals surface area contributed by atoms with E-state index in [-0.39, 0.29) is 30.5 Å². The van der Waals surface area contributed by atoms with Gasteiger partial charge in [-0.3, -0.25) is 4.79 Å². The zero-order valence-electron chi connectivity index (χ0n) is 11.4. The average molecular weight is 317 g/mol. The first kappa shape index (κ1) is 15.4. The smallest absolute Gasteiger partial charge is 0.378 e. The highest BCUT2D eigenvalue weighted by molar-refractivity contribution is 7.91. The Hall–Kier alpha value is -2.04. The van der Waals surface area contributed by atoms with Crippen LogP contribution in [0.3, 0.4) is 0 Å². The van der Waals surface area contributed by atoms with Crippen molar-refractivity contribution >= 4 is 21.7 Å². The third kappa shape index (κ3) is 3.97. The summed E-state index contributed by atoms with van der Waals surface area (Å²) in [5.41, 5.74) is 0. The summed E-state index contributed by atoms with van der Waals surface area (Å²) in [6.07, 6.45) is 0.383. The van der Waals surface area contributed by atoms with Crippen molar-refractivity contribution in [3.8, 4) is 0 Å². The van der Waals surface area contributed by atoms with Gasteiger partial charge >= 0.3 is 5.97 Å². The summed E-state index contributed by atoms with van der Waals surface area (Å²) in [7, 11) is -3.07. The van der Waals surface area contributed by atoms with Crippen molar-refractivity contribution in [1.29, 1.82) is 0 Å². The molecule has 1 aliphatic heterocycles. The number of esters is 1. The molecule has 0 aromatic carbocycles. The van der Waals surface area contributed by atoms with Crippen LogP contribution in [0, 0.1) is 0 Å². The molecule has 116 valence electrons. The molecule has 1 atom stereocenters. The van der Waals surface area contributed by atoms with E-state index in [9.17, 15) is 18.0 Å². The maximum Gasteiger partial charge on any atom is 0.378 e. The molecular weight excluding hydrogens is 302 g/mol. The second kappa shape index (κ2) is 6.16. The zero-order chi connectivity index (χ0) is 15.5. The van der Waals surface area contributed by atoms with Gasteiger partial charge in [0.05, 0.1) is 18.1 Å². The van der Waals surface area contributed by atoms with Crippen LogP contribution < -0.4 is 5.32 Å². The first-order valence-corrected chi connectivity index (χ1v) is 8.16. The van der Waals surface area contributed by atoms with E-state index in [1.54, 1.807) is 6.92 Å². The second-order valence-corrected chi connectivity index (χ2v) is 6.78. The fourth-order valence-corrected chi connectivity index (χ4v) is 3.64. The minimum absolute atomic E-state index is 0.0664. The van der Waals surface area contributed by atoms with E-state index in [1.807, 2.05) is 0 Å². The summed E-state index contributed by atoms with van der Waals surface area (Å²) in [6, 6.07) is -0.412. The number of carbonyl (C=O) groups excluding carboxylic acids is 2. The first-order valence-electron chi connectivity index (χ1n) is 6.34. The predicted octanol–water partition coefficient (Wildman–Crippen LogP) is -1.85. The Morgan fingerprint density at radius 1 is 1.48 bits per heavy atom. The molecule has 1 unspecified atom stereocenters. The normalized spacial score (nSPS) is 20.1. The van der Waals surface area contributed by atoms with Crippen molar-refractivity contribution < 1.29 is 22.7 Å². The van der Waals surface area contributed by atoms with Crippen LogP contribution in [0.4, 0.5) is 0 Å². The molecule has 1 fully saturated rings. The molecule has 1 aromatic heterocycles. The molecule has 1 saturated heterocycles. The lowest BCUT2D eigenvalue weighted by Crippen LogP contribution is -2.38. The van der Waals surface area contributed by atoms with Gasteiger partial charge in [0.15, 0.2) is 9.84 Å². The highest BCUT2D eigenvalue weighted by Gasteiger charge is 2.29. The molecule has 0 spiro atoms. The van der Waals surface area contributed by atoms with Gasteiger partial charge in [0.2, 0.25) is 5.91 Å². The number of hydrogen-bond acceptors (Lipinski definition) is 8. The van der Waals surface area contributed by atoms with E-state index in [4.69, 9.17) is 4.74 Å². The molecule has 1 aromatic rings. The summed E-state index contributed by atoms with van der Waals surface area (Å²) in [5, 5.41) is 12.9. The lowest BCUT2D eigenvalue weighted by atomic mass is 10.2. The van der Waals surface area contributed by atoms with Crippen LogP contribution in [0.25, 0.3) is 0 Å². The van der Waals surface area contributed by atoms with Gasteiger partial charge in [-0.15, -0.1) is 5.10 Å². The maximum atomic E-state index is 11.8. The Kier molecular flexibility index (Phi) is 4.50. The fourth-order valence-electron chi connectivity index (χ4n) is 1.97. The van der Waals surface area contributed by atoms with Gasteiger partial charge in [-0.2, -0.15) is 0 Å². The van der Waals surface area contributed by atoms with Crippen LogP contribution >= 0.6 is 0 Å². The third-order valence-electron chi connectivity index (χ3n) is 2.88. The summed E-state index contributed by atoms with van der Waals surface area (Å²) in [5.74, 6) is -1.37. The SMILES string of the molecule is CCOC(=O)c1nnnn1CC(=O)NC1CCS(=O)(=O)C1. The van der Waals surface area contributed by atoms with Crippen LogP contribution in [-0.2, 0) is 25.9 Å². The van der Waals surface area contributed by atoms with E-state index in [1.165, 1.54) is 0 Å². The molecule has 1 N–H and O–H groups in total. The van der Waals surface area contributed by atoms with Gasteiger partial charge in [0.1, 0.15) is 6.54 Å². The highest BCUT2D eigenvalue weighted by atomic mass is 32.2. The minimum atomic E-state index is -3.07. The lowest BCUT2D eigenvalue weighted by molar-refractivity contribution is -0.122. The van der Waals surface area contributed by atoms with Gasteiger partial charge in [0, 0.05) is 6.04 Å². The topological polar surface area (TPSA) is 133 Å².